The Morgan fingerprint density at radius 2 is 2.33 bits per heavy atom. The lowest BCUT2D eigenvalue weighted by Crippen LogP contribution is -2.42. The van der Waals surface area contributed by atoms with E-state index in [-0.39, 0.29) is 12.4 Å². The van der Waals surface area contributed by atoms with Gasteiger partial charge in [0.2, 0.25) is 0 Å². The van der Waals surface area contributed by atoms with Crippen LogP contribution in [-0.2, 0) is 0 Å². The molecule has 1 fully saturated rings. The molecular formula is C8H13ClN2O. The molecular weight excluding hydrogens is 176 g/mol. The molecule has 3 nitrogen and oxygen atoms in total. The topological polar surface area (TPSA) is 37.2 Å². The summed E-state index contributed by atoms with van der Waals surface area (Å²) in [4.78, 5) is 0. The highest BCUT2D eigenvalue weighted by molar-refractivity contribution is 5.85. The third-order valence-electron chi connectivity index (χ3n) is 1.99. The summed E-state index contributed by atoms with van der Waals surface area (Å²) in [6.07, 6.45) is 3.51. The second kappa shape index (κ2) is 4.50. The Labute approximate surface area is 77.9 Å². The highest BCUT2D eigenvalue weighted by Gasteiger charge is 2.14. The molecule has 1 aliphatic heterocycles. The van der Waals surface area contributed by atoms with Crippen molar-refractivity contribution in [3.05, 3.63) is 24.2 Å². The molecule has 1 saturated heterocycles. The molecule has 0 radical (unpaired) electrons. The number of nitrogens with one attached hydrogen (secondary N) is 2. The molecule has 2 rings (SSSR count). The van der Waals surface area contributed by atoms with Crippen molar-refractivity contribution in [1.82, 2.24) is 10.6 Å². The fraction of sp³-hybridized carbons (Fsp3) is 0.500. The first kappa shape index (κ1) is 9.58. The molecule has 12 heavy (non-hydrogen) atoms. The van der Waals surface area contributed by atoms with E-state index in [2.05, 4.69) is 10.6 Å². The van der Waals surface area contributed by atoms with Crippen LogP contribution in [0.4, 0.5) is 0 Å². The van der Waals surface area contributed by atoms with Crippen LogP contribution in [0.5, 0.6) is 0 Å². The van der Waals surface area contributed by atoms with Gasteiger partial charge in [-0.3, -0.25) is 0 Å². The van der Waals surface area contributed by atoms with Crippen LogP contribution in [0.25, 0.3) is 0 Å². The minimum atomic E-state index is 0. The van der Waals surface area contributed by atoms with Crippen molar-refractivity contribution in [2.24, 2.45) is 0 Å². The van der Waals surface area contributed by atoms with Crippen molar-refractivity contribution in [2.45, 2.75) is 6.04 Å². The fourth-order valence-corrected chi connectivity index (χ4v) is 1.36. The number of rotatable bonds is 1. The molecule has 0 aromatic carbocycles. The molecule has 2 heterocycles. The maximum Gasteiger partial charge on any atom is 0.0950 e. The van der Waals surface area contributed by atoms with E-state index in [1.165, 1.54) is 5.56 Å². The summed E-state index contributed by atoms with van der Waals surface area (Å²) in [5, 5.41) is 6.72. The summed E-state index contributed by atoms with van der Waals surface area (Å²) in [5.74, 6) is 0. The minimum Gasteiger partial charge on any atom is -0.472 e. The Hall–Kier alpha value is -0.510. The average Bonchev–Trinajstić information content (AvgIpc) is 2.58. The second-order valence-electron chi connectivity index (χ2n) is 2.77. The molecule has 0 spiro atoms. The van der Waals surface area contributed by atoms with E-state index < -0.39 is 0 Å². The minimum absolute atomic E-state index is 0. The molecule has 1 aliphatic rings. The molecule has 1 aromatic heterocycles. The summed E-state index contributed by atoms with van der Waals surface area (Å²) in [6.45, 7) is 3.10. The van der Waals surface area contributed by atoms with Gasteiger partial charge in [0.05, 0.1) is 12.5 Å². The van der Waals surface area contributed by atoms with Gasteiger partial charge < -0.3 is 15.1 Å². The van der Waals surface area contributed by atoms with Crippen molar-refractivity contribution in [3.8, 4) is 0 Å². The number of piperazine rings is 1. The number of hydrogen-bond donors (Lipinski definition) is 2. The van der Waals surface area contributed by atoms with Gasteiger partial charge in [0.25, 0.3) is 0 Å². The summed E-state index contributed by atoms with van der Waals surface area (Å²) in [6, 6.07) is 2.44. The normalized spacial score (nSPS) is 23.2. The number of furan rings is 1. The molecule has 0 aliphatic carbocycles. The average molecular weight is 189 g/mol. The smallest absolute Gasteiger partial charge is 0.0950 e. The van der Waals surface area contributed by atoms with Crippen molar-refractivity contribution >= 4 is 12.4 Å². The first-order chi connectivity index (χ1) is 5.47. The van der Waals surface area contributed by atoms with E-state index in [4.69, 9.17) is 4.42 Å². The van der Waals surface area contributed by atoms with Crippen LogP contribution >= 0.6 is 12.4 Å². The molecule has 1 atom stereocenters. The van der Waals surface area contributed by atoms with Crippen molar-refractivity contribution in [1.29, 1.82) is 0 Å². The Bertz CT molecular complexity index is 207. The number of halogens is 1. The second-order valence-corrected chi connectivity index (χ2v) is 2.77. The van der Waals surface area contributed by atoms with Gasteiger partial charge in [0.1, 0.15) is 0 Å². The highest BCUT2D eigenvalue weighted by atomic mass is 35.5. The zero-order chi connectivity index (χ0) is 7.52. The van der Waals surface area contributed by atoms with Crippen molar-refractivity contribution in [2.75, 3.05) is 19.6 Å². The Morgan fingerprint density at radius 3 is 2.92 bits per heavy atom. The Balaban J connectivity index is 0.000000720. The molecule has 1 aromatic rings. The lowest BCUT2D eigenvalue weighted by atomic mass is 10.1. The summed E-state index contributed by atoms with van der Waals surface area (Å²) < 4.78 is 5.00. The predicted molar refractivity (Wildman–Crippen MR) is 49.6 cm³/mol. The molecule has 68 valence electrons. The summed E-state index contributed by atoms with van der Waals surface area (Å²) in [5.41, 5.74) is 1.23. The van der Waals surface area contributed by atoms with E-state index in [1.54, 1.807) is 12.5 Å². The standard InChI is InChI=1S/C8H12N2O.ClH/c1-4-11-6-7(1)8-5-9-2-3-10-8;/h1,4,6,8-10H,2-3,5H2;1H/t8-;/m1./s1. The maximum absolute atomic E-state index is 5.00. The third kappa shape index (κ3) is 2.00. The van der Waals surface area contributed by atoms with Crippen LogP contribution < -0.4 is 10.6 Å². The zero-order valence-corrected chi connectivity index (χ0v) is 7.56. The van der Waals surface area contributed by atoms with Gasteiger partial charge in [-0.15, -0.1) is 12.4 Å². The van der Waals surface area contributed by atoms with E-state index in [9.17, 15) is 0 Å². The Morgan fingerprint density at radius 1 is 1.42 bits per heavy atom. The number of hydrogen-bond acceptors (Lipinski definition) is 3. The first-order valence-electron chi connectivity index (χ1n) is 3.93. The SMILES string of the molecule is Cl.c1cc([C@H]2CNCCN2)co1. The summed E-state index contributed by atoms with van der Waals surface area (Å²) >= 11 is 0. The van der Waals surface area contributed by atoms with Gasteiger partial charge in [-0.2, -0.15) is 0 Å². The van der Waals surface area contributed by atoms with Gasteiger partial charge in [0.15, 0.2) is 0 Å². The monoisotopic (exact) mass is 188 g/mol. The van der Waals surface area contributed by atoms with Gasteiger partial charge in [-0.05, 0) is 6.07 Å². The third-order valence-corrected chi connectivity index (χ3v) is 1.99. The van der Waals surface area contributed by atoms with Gasteiger partial charge >= 0.3 is 0 Å². The van der Waals surface area contributed by atoms with E-state index in [0.29, 0.717) is 6.04 Å². The lowest BCUT2D eigenvalue weighted by Gasteiger charge is -2.23. The van der Waals surface area contributed by atoms with Crippen molar-refractivity contribution < 1.29 is 4.42 Å². The van der Waals surface area contributed by atoms with Crippen LogP contribution in [0.2, 0.25) is 0 Å². The molecule has 4 heteroatoms. The van der Waals surface area contributed by atoms with Crippen LogP contribution in [0.3, 0.4) is 0 Å². The van der Waals surface area contributed by atoms with Crippen LogP contribution in [0, 0.1) is 0 Å². The van der Waals surface area contributed by atoms with E-state index in [0.717, 1.165) is 19.6 Å². The van der Waals surface area contributed by atoms with Gasteiger partial charge in [-0.1, -0.05) is 0 Å². The van der Waals surface area contributed by atoms with E-state index in [1.807, 2.05) is 6.07 Å². The maximum atomic E-state index is 5.00. The predicted octanol–water partition coefficient (Wildman–Crippen LogP) is 0.935. The largest absolute Gasteiger partial charge is 0.472 e. The quantitative estimate of drug-likeness (QED) is 0.689. The van der Waals surface area contributed by atoms with Gasteiger partial charge in [0, 0.05) is 31.2 Å². The lowest BCUT2D eigenvalue weighted by molar-refractivity contribution is 0.426. The summed E-state index contributed by atoms with van der Waals surface area (Å²) in [7, 11) is 0. The fourth-order valence-electron chi connectivity index (χ4n) is 1.36. The van der Waals surface area contributed by atoms with Crippen LogP contribution in [0.15, 0.2) is 23.0 Å². The zero-order valence-electron chi connectivity index (χ0n) is 6.75. The molecule has 2 N–H and O–H groups in total. The van der Waals surface area contributed by atoms with Crippen LogP contribution in [-0.4, -0.2) is 19.6 Å². The van der Waals surface area contributed by atoms with E-state index >= 15 is 0 Å². The van der Waals surface area contributed by atoms with Gasteiger partial charge in [-0.25, -0.2) is 0 Å². The van der Waals surface area contributed by atoms with Crippen molar-refractivity contribution in [3.63, 3.8) is 0 Å². The Kier molecular flexibility index (Phi) is 3.59. The molecule has 0 saturated carbocycles. The molecule has 0 unspecified atom stereocenters. The molecule has 0 bridgehead atoms. The first-order valence-corrected chi connectivity index (χ1v) is 3.93. The van der Waals surface area contributed by atoms with Crippen LogP contribution in [0.1, 0.15) is 11.6 Å². The molecule has 0 amide bonds. The highest BCUT2D eigenvalue weighted by Crippen LogP contribution is 2.13.